The van der Waals surface area contributed by atoms with E-state index >= 15 is 0 Å². The van der Waals surface area contributed by atoms with Gasteiger partial charge in [0, 0.05) is 30.8 Å². The van der Waals surface area contributed by atoms with Crippen LogP contribution in [0.3, 0.4) is 0 Å². The molecule has 0 radical (unpaired) electrons. The molecule has 0 saturated heterocycles. The molecule has 250 valence electrons. The van der Waals surface area contributed by atoms with E-state index in [4.69, 9.17) is 38.2 Å². The smallest absolute Gasteiger partial charge is 0.303 e. The van der Waals surface area contributed by atoms with Crippen LogP contribution >= 0.6 is 23.2 Å². The fraction of sp³-hybridized carbons (Fsp3) is 0.515. The Kier molecular flexibility index (Phi) is 20.1. The van der Waals surface area contributed by atoms with Gasteiger partial charge in [-0.15, -0.1) is 0 Å². The van der Waals surface area contributed by atoms with Gasteiger partial charge in [0.15, 0.2) is 0 Å². The third kappa shape index (κ3) is 18.2. The molecule has 0 aliphatic carbocycles. The van der Waals surface area contributed by atoms with Crippen molar-refractivity contribution in [2.75, 3.05) is 19.0 Å². The van der Waals surface area contributed by atoms with E-state index in [1.807, 2.05) is 25.1 Å². The van der Waals surface area contributed by atoms with Crippen molar-refractivity contribution in [3.8, 4) is 11.5 Å². The van der Waals surface area contributed by atoms with E-state index in [9.17, 15) is 24.3 Å². The monoisotopic (exact) mass is 668 g/mol. The number of carbonyl (C=O) groups excluding carboxylic acids is 2. The van der Waals surface area contributed by atoms with Crippen LogP contribution in [0.2, 0.25) is 10.0 Å². The van der Waals surface area contributed by atoms with Crippen LogP contribution in [0, 0.1) is 6.92 Å². The van der Waals surface area contributed by atoms with E-state index in [2.05, 4.69) is 10.6 Å². The van der Waals surface area contributed by atoms with Crippen molar-refractivity contribution in [2.24, 2.45) is 0 Å². The number of phenols is 1. The number of aliphatic carboxylic acids is 2. The molecule has 10 nitrogen and oxygen atoms in total. The van der Waals surface area contributed by atoms with Gasteiger partial charge in [0.2, 0.25) is 5.91 Å². The number of amides is 2. The molecule has 0 aromatic heterocycles. The SMILES string of the molecule is COc1ccc(C)cc1NC(=O)CCCCCCCCC(=O)O.O=C(O)CCCCCCCNC(=O)c1cc(Cl)cc(Cl)c1O. The van der Waals surface area contributed by atoms with Crippen molar-refractivity contribution in [1.29, 1.82) is 0 Å². The Labute approximate surface area is 275 Å². The highest BCUT2D eigenvalue weighted by molar-refractivity contribution is 6.36. The molecule has 0 heterocycles. The molecule has 2 rings (SSSR count). The number of nitrogens with one attached hydrogen (secondary N) is 2. The van der Waals surface area contributed by atoms with Gasteiger partial charge in [-0.3, -0.25) is 19.2 Å². The standard InChI is InChI=1S/C18H27NO4.C15H19Cl2NO4/c1-14-11-12-16(23-2)15(13-14)19-17(20)9-7-5-3-4-6-8-10-18(21)22;16-10-8-11(14(21)12(17)9-10)15(22)18-7-5-3-1-2-4-6-13(19)20/h11-13H,3-10H2,1-2H3,(H,19,20)(H,21,22);8-9,21H,1-7H2,(H,18,22)(H,19,20). The number of carbonyl (C=O) groups is 4. The van der Waals surface area contributed by atoms with Crippen LogP contribution in [0.1, 0.15) is 106 Å². The topological polar surface area (TPSA) is 162 Å². The number of aryl methyl sites for hydroxylation is 1. The van der Waals surface area contributed by atoms with E-state index in [0.717, 1.165) is 69.8 Å². The fourth-order valence-electron chi connectivity index (χ4n) is 4.37. The summed E-state index contributed by atoms with van der Waals surface area (Å²) in [5.41, 5.74) is 1.84. The number of hydrogen-bond donors (Lipinski definition) is 5. The lowest BCUT2D eigenvalue weighted by Gasteiger charge is -2.11. The van der Waals surface area contributed by atoms with E-state index < -0.39 is 17.8 Å². The number of ether oxygens (including phenoxy) is 1. The molecule has 0 spiro atoms. The number of unbranched alkanes of at least 4 members (excludes halogenated alkanes) is 9. The summed E-state index contributed by atoms with van der Waals surface area (Å²) in [4.78, 5) is 44.6. The van der Waals surface area contributed by atoms with Crippen molar-refractivity contribution >= 4 is 52.6 Å². The number of anilines is 1. The molecule has 0 saturated carbocycles. The summed E-state index contributed by atoms with van der Waals surface area (Å²) in [5.74, 6) is -1.53. The molecular formula is C33H46Cl2N2O8. The number of benzene rings is 2. The average molecular weight is 670 g/mol. The number of carboxylic acids is 2. The predicted molar refractivity (Wildman–Crippen MR) is 177 cm³/mol. The Hall–Kier alpha value is -3.50. The zero-order valence-corrected chi connectivity index (χ0v) is 27.6. The van der Waals surface area contributed by atoms with Crippen LogP contribution in [0.25, 0.3) is 0 Å². The lowest BCUT2D eigenvalue weighted by molar-refractivity contribution is -0.138. The number of methoxy groups -OCH3 is 1. The van der Waals surface area contributed by atoms with Gasteiger partial charge in [0.05, 0.1) is 23.4 Å². The molecule has 0 fully saturated rings. The second-order valence-electron chi connectivity index (χ2n) is 10.7. The van der Waals surface area contributed by atoms with Crippen molar-refractivity contribution in [3.05, 3.63) is 51.5 Å². The number of phenolic OH excluding ortho intramolecular Hbond substituents is 1. The quantitative estimate of drug-likeness (QED) is 0.0886. The highest BCUT2D eigenvalue weighted by atomic mass is 35.5. The molecule has 45 heavy (non-hydrogen) atoms. The molecule has 2 aromatic carbocycles. The van der Waals surface area contributed by atoms with Gasteiger partial charge < -0.3 is 30.7 Å². The van der Waals surface area contributed by atoms with Crippen LogP contribution in [-0.2, 0) is 14.4 Å². The van der Waals surface area contributed by atoms with Gasteiger partial charge >= 0.3 is 11.9 Å². The minimum atomic E-state index is -0.771. The summed E-state index contributed by atoms with van der Waals surface area (Å²) in [6.45, 7) is 2.45. The lowest BCUT2D eigenvalue weighted by atomic mass is 10.1. The molecule has 0 unspecified atom stereocenters. The Bertz CT molecular complexity index is 1240. The van der Waals surface area contributed by atoms with Crippen molar-refractivity contribution in [3.63, 3.8) is 0 Å². The lowest BCUT2D eigenvalue weighted by Crippen LogP contribution is -2.24. The molecular weight excluding hydrogens is 623 g/mol. The minimum absolute atomic E-state index is 0.000206. The van der Waals surface area contributed by atoms with Crippen molar-refractivity contribution in [2.45, 2.75) is 96.8 Å². The molecule has 0 aliphatic heterocycles. The molecule has 5 N–H and O–H groups in total. The normalized spacial score (nSPS) is 10.4. The number of hydrogen-bond acceptors (Lipinski definition) is 6. The first-order chi connectivity index (χ1) is 21.4. The van der Waals surface area contributed by atoms with E-state index in [1.54, 1.807) is 7.11 Å². The zero-order valence-electron chi connectivity index (χ0n) is 26.1. The van der Waals surface area contributed by atoms with Gasteiger partial charge in [-0.1, -0.05) is 74.2 Å². The molecule has 12 heteroatoms. The second-order valence-corrected chi connectivity index (χ2v) is 11.6. The number of rotatable bonds is 20. The Balaban J connectivity index is 0.000000450. The molecule has 2 amide bonds. The van der Waals surface area contributed by atoms with E-state index in [-0.39, 0.29) is 40.1 Å². The molecule has 0 bridgehead atoms. The summed E-state index contributed by atoms with van der Waals surface area (Å²) < 4.78 is 5.24. The van der Waals surface area contributed by atoms with Gasteiger partial charge in [-0.2, -0.15) is 0 Å². The van der Waals surface area contributed by atoms with Gasteiger partial charge in [0.25, 0.3) is 5.91 Å². The predicted octanol–water partition coefficient (Wildman–Crippen LogP) is 8.00. The van der Waals surface area contributed by atoms with Gasteiger partial charge in [-0.25, -0.2) is 0 Å². The highest BCUT2D eigenvalue weighted by Gasteiger charge is 2.15. The maximum Gasteiger partial charge on any atom is 0.303 e. The van der Waals surface area contributed by atoms with E-state index in [1.165, 1.54) is 12.1 Å². The van der Waals surface area contributed by atoms with Crippen molar-refractivity contribution in [1.82, 2.24) is 5.32 Å². The van der Waals surface area contributed by atoms with Crippen LogP contribution in [-0.4, -0.2) is 52.7 Å². The highest BCUT2D eigenvalue weighted by Crippen LogP contribution is 2.31. The fourth-order valence-corrected chi connectivity index (χ4v) is 4.86. The molecule has 0 atom stereocenters. The number of halogens is 2. The Morgan fingerprint density at radius 2 is 1.29 bits per heavy atom. The van der Waals surface area contributed by atoms with Crippen molar-refractivity contribution < 1.29 is 39.2 Å². The molecule has 0 aliphatic rings. The minimum Gasteiger partial charge on any atom is -0.506 e. The Morgan fingerprint density at radius 1 is 0.756 bits per heavy atom. The van der Waals surface area contributed by atoms with Gasteiger partial charge in [-0.05, 0) is 62.4 Å². The van der Waals surface area contributed by atoms with Crippen LogP contribution in [0.4, 0.5) is 5.69 Å². The van der Waals surface area contributed by atoms with Crippen LogP contribution < -0.4 is 15.4 Å². The zero-order chi connectivity index (χ0) is 33.6. The third-order valence-electron chi connectivity index (χ3n) is 6.80. The third-order valence-corrected chi connectivity index (χ3v) is 7.31. The van der Waals surface area contributed by atoms with Crippen LogP contribution in [0.15, 0.2) is 30.3 Å². The van der Waals surface area contributed by atoms with Gasteiger partial charge in [0.1, 0.15) is 11.5 Å². The largest absolute Gasteiger partial charge is 0.506 e. The Morgan fingerprint density at radius 3 is 1.84 bits per heavy atom. The first-order valence-corrected chi connectivity index (χ1v) is 16.0. The molecule has 2 aromatic rings. The summed E-state index contributed by atoms with van der Waals surface area (Å²) in [5, 5.41) is 32.7. The maximum absolute atomic E-state index is 12.0. The average Bonchev–Trinajstić information content (AvgIpc) is 2.97. The van der Waals surface area contributed by atoms with E-state index in [0.29, 0.717) is 30.8 Å². The maximum atomic E-state index is 12.0. The first kappa shape index (κ1) is 39.5. The summed E-state index contributed by atoms with van der Waals surface area (Å²) in [6, 6.07) is 8.43. The number of carboxylic acid groups (broad SMARTS) is 2. The summed E-state index contributed by atoms with van der Waals surface area (Å²) in [6.07, 6.45) is 10.7. The summed E-state index contributed by atoms with van der Waals surface area (Å²) >= 11 is 11.6. The summed E-state index contributed by atoms with van der Waals surface area (Å²) in [7, 11) is 1.59. The second kappa shape index (κ2) is 22.9. The number of aromatic hydroxyl groups is 1. The van der Waals surface area contributed by atoms with Crippen LogP contribution in [0.5, 0.6) is 11.5 Å². The first-order valence-electron chi connectivity index (χ1n) is 15.3.